The molecule has 1 aliphatic carbocycles. The number of carbonyl (C=O) groups is 1. The minimum atomic E-state index is 0.143. The lowest BCUT2D eigenvalue weighted by atomic mass is 9.61. The summed E-state index contributed by atoms with van der Waals surface area (Å²) < 4.78 is 5.92. The summed E-state index contributed by atoms with van der Waals surface area (Å²) >= 11 is 0. The predicted octanol–water partition coefficient (Wildman–Crippen LogP) is 3.14. The van der Waals surface area contributed by atoms with Crippen LogP contribution >= 0.6 is 0 Å². The molecule has 0 bridgehead atoms. The zero-order chi connectivity index (χ0) is 15.6. The van der Waals surface area contributed by atoms with E-state index in [9.17, 15) is 4.79 Å². The Bertz CT molecular complexity index is 499. The number of hydrogen-bond acceptors (Lipinski definition) is 3. The van der Waals surface area contributed by atoms with Crippen molar-refractivity contribution in [2.75, 3.05) is 19.7 Å². The van der Waals surface area contributed by atoms with E-state index < -0.39 is 0 Å². The van der Waals surface area contributed by atoms with Gasteiger partial charge in [-0.3, -0.25) is 9.78 Å². The van der Waals surface area contributed by atoms with Gasteiger partial charge >= 0.3 is 0 Å². The van der Waals surface area contributed by atoms with Gasteiger partial charge in [-0.15, -0.1) is 0 Å². The maximum atomic E-state index is 12.4. The van der Waals surface area contributed by atoms with Crippen LogP contribution in [0.2, 0.25) is 0 Å². The van der Waals surface area contributed by atoms with Crippen LogP contribution in [0.4, 0.5) is 0 Å². The first kappa shape index (κ1) is 15.5. The third-order valence-corrected chi connectivity index (χ3v) is 5.03. The molecule has 0 radical (unpaired) electrons. The maximum absolute atomic E-state index is 12.4. The van der Waals surface area contributed by atoms with Gasteiger partial charge in [0, 0.05) is 37.7 Å². The quantitative estimate of drug-likeness (QED) is 0.858. The second-order valence-electron chi connectivity index (χ2n) is 7.29. The molecule has 1 spiro atoms. The highest BCUT2D eigenvalue weighted by Gasteiger charge is 2.46. The topological polar surface area (TPSA) is 42.4 Å². The van der Waals surface area contributed by atoms with Crippen LogP contribution in [0.1, 0.15) is 49.9 Å². The fraction of sp³-hybridized carbons (Fsp3) is 0.667. The number of piperidine rings is 1. The molecule has 0 atom stereocenters. The molecule has 0 aromatic carbocycles. The van der Waals surface area contributed by atoms with Gasteiger partial charge in [0.1, 0.15) is 0 Å². The van der Waals surface area contributed by atoms with Crippen molar-refractivity contribution in [2.24, 2.45) is 11.3 Å². The monoisotopic (exact) mass is 302 g/mol. The van der Waals surface area contributed by atoms with Crippen LogP contribution in [0.15, 0.2) is 24.5 Å². The molecule has 2 fully saturated rings. The minimum absolute atomic E-state index is 0.143. The Morgan fingerprint density at radius 1 is 1.32 bits per heavy atom. The molecule has 1 aliphatic heterocycles. The lowest BCUT2D eigenvalue weighted by Crippen LogP contribution is -2.51. The lowest BCUT2D eigenvalue weighted by Gasteiger charge is -2.52. The Morgan fingerprint density at radius 3 is 2.55 bits per heavy atom. The second-order valence-corrected chi connectivity index (χ2v) is 7.29. The molecule has 2 aliphatic rings. The average Bonchev–Trinajstić information content (AvgIpc) is 2.51. The molecule has 4 heteroatoms. The number of pyridine rings is 1. The van der Waals surface area contributed by atoms with Crippen LogP contribution in [0.3, 0.4) is 0 Å². The van der Waals surface area contributed by atoms with Crippen molar-refractivity contribution in [3.63, 3.8) is 0 Å². The summed E-state index contributed by atoms with van der Waals surface area (Å²) in [5.41, 5.74) is 1.19. The highest BCUT2D eigenvalue weighted by molar-refractivity contribution is 5.94. The van der Waals surface area contributed by atoms with E-state index >= 15 is 0 Å². The third kappa shape index (κ3) is 3.32. The Kier molecular flexibility index (Phi) is 4.48. The van der Waals surface area contributed by atoms with Crippen molar-refractivity contribution in [3.8, 4) is 0 Å². The molecule has 22 heavy (non-hydrogen) atoms. The van der Waals surface area contributed by atoms with Gasteiger partial charge in [0.15, 0.2) is 0 Å². The van der Waals surface area contributed by atoms with Gasteiger partial charge < -0.3 is 9.64 Å². The largest absolute Gasteiger partial charge is 0.378 e. The number of carbonyl (C=O) groups excluding carboxylic acids is 1. The van der Waals surface area contributed by atoms with E-state index in [1.807, 2.05) is 4.90 Å². The van der Waals surface area contributed by atoms with E-state index in [0.29, 0.717) is 17.4 Å². The smallest absolute Gasteiger partial charge is 0.253 e. The van der Waals surface area contributed by atoms with E-state index in [1.165, 1.54) is 12.8 Å². The first-order valence-corrected chi connectivity index (χ1v) is 8.39. The number of hydrogen-bond donors (Lipinski definition) is 0. The number of aromatic nitrogens is 1. The summed E-state index contributed by atoms with van der Waals surface area (Å²) in [5, 5.41) is 0. The molecule has 0 unspecified atom stereocenters. The molecular formula is C18H26N2O2. The van der Waals surface area contributed by atoms with Crippen LogP contribution in [0.25, 0.3) is 0 Å². The van der Waals surface area contributed by atoms with Crippen molar-refractivity contribution in [1.29, 1.82) is 0 Å². The van der Waals surface area contributed by atoms with Crippen molar-refractivity contribution in [3.05, 3.63) is 30.1 Å². The summed E-state index contributed by atoms with van der Waals surface area (Å²) in [5.74, 6) is 0.751. The minimum Gasteiger partial charge on any atom is -0.378 e. The summed E-state index contributed by atoms with van der Waals surface area (Å²) in [7, 11) is 0. The van der Waals surface area contributed by atoms with Gasteiger partial charge in [0.2, 0.25) is 0 Å². The molecule has 2 heterocycles. The average molecular weight is 302 g/mol. The Morgan fingerprint density at radius 2 is 1.95 bits per heavy atom. The summed E-state index contributed by atoms with van der Waals surface area (Å²) in [4.78, 5) is 18.4. The first-order valence-electron chi connectivity index (χ1n) is 8.39. The Hall–Kier alpha value is -1.42. The number of likely N-dealkylation sites (tertiary alicyclic amines) is 1. The van der Waals surface area contributed by atoms with E-state index in [1.54, 1.807) is 24.5 Å². The maximum Gasteiger partial charge on any atom is 0.253 e. The third-order valence-electron chi connectivity index (χ3n) is 5.03. The molecule has 3 rings (SSSR count). The van der Waals surface area contributed by atoms with Crippen molar-refractivity contribution in [1.82, 2.24) is 9.88 Å². The molecule has 1 saturated heterocycles. The van der Waals surface area contributed by atoms with Gasteiger partial charge in [-0.1, -0.05) is 13.8 Å². The lowest BCUT2D eigenvalue weighted by molar-refractivity contribution is -0.107. The number of ether oxygens (including phenoxy) is 1. The van der Waals surface area contributed by atoms with Crippen LogP contribution in [0, 0.1) is 11.3 Å². The molecule has 1 aromatic heterocycles. The SMILES string of the molecule is CC(C)COC1CC2(CCN(C(=O)c3ccncc3)CC2)C1. The normalized spacial score (nSPS) is 21.1. The van der Waals surface area contributed by atoms with Gasteiger partial charge in [-0.05, 0) is 49.1 Å². The molecule has 1 saturated carbocycles. The van der Waals surface area contributed by atoms with Gasteiger partial charge in [0.05, 0.1) is 6.10 Å². The Balaban J connectivity index is 1.47. The zero-order valence-corrected chi connectivity index (χ0v) is 13.6. The van der Waals surface area contributed by atoms with Gasteiger partial charge in [-0.2, -0.15) is 0 Å². The van der Waals surface area contributed by atoms with Crippen molar-refractivity contribution >= 4 is 5.91 Å². The first-order chi connectivity index (χ1) is 10.6. The van der Waals surface area contributed by atoms with Crippen LogP contribution in [0.5, 0.6) is 0 Å². The fourth-order valence-corrected chi connectivity index (χ4v) is 3.62. The molecule has 1 aromatic rings. The number of amides is 1. The Labute approximate surface area is 132 Å². The summed E-state index contributed by atoms with van der Waals surface area (Å²) in [6, 6.07) is 3.59. The molecular weight excluding hydrogens is 276 g/mol. The fourth-order valence-electron chi connectivity index (χ4n) is 3.62. The standard InChI is InChI=1S/C18H26N2O2/c1-14(2)13-22-16-11-18(12-16)5-9-20(10-6-18)17(21)15-3-7-19-8-4-15/h3-4,7-8,14,16H,5-6,9-13H2,1-2H3. The number of nitrogens with zero attached hydrogens (tertiary/aromatic N) is 2. The molecule has 120 valence electrons. The highest BCUT2D eigenvalue weighted by Crippen LogP contribution is 2.50. The van der Waals surface area contributed by atoms with E-state index in [4.69, 9.17) is 4.74 Å². The summed E-state index contributed by atoms with van der Waals surface area (Å²) in [6.45, 7) is 7.00. The molecule has 4 nitrogen and oxygen atoms in total. The van der Waals surface area contributed by atoms with E-state index in [-0.39, 0.29) is 5.91 Å². The van der Waals surface area contributed by atoms with Gasteiger partial charge in [0.25, 0.3) is 5.91 Å². The predicted molar refractivity (Wildman–Crippen MR) is 85.6 cm³/mol. The van der Waals surface area contributed by atoms with Crippen LogP contribution < -0.4 is 0 Å². The van der Waals surface area contributed by atoms with Gasteiger partial charge in [-0.25, -0.2) is 0 Å². The van der Waals surface area contributed by atoms with E-state index in [0.717, 1.165) is 38.1 Å². The van der Waals surface area contributed by atoms with E-state index in [2.05, 4.69) is 18.8 Å². The van der Waals surface area contributed by atoms with Crippen LogP contribution in [-0.4, -0.2) is 41.6 Å². The van der Waals surface area contributed by atoms with Crippen molar-refractivity contribution < 1.29 is 9.53 Å². The van der Waals surface area contributed by atoms with Crippen molar-refractivity contribution in [2.45, 2.75) is 45.6 Å². The highest BCUT2D eigenvalue weighted by atomic mass is 16.5. The molecule has 0 N–H and O–H groups in total. The van der Waals surface area contributed by atoms with Crippen LogP contribution in [-0.2, 0) is 4.74 Å². The number of rotatable bonds is 4. The second kappa shape index (κ2) is 6.37. The summed E-state index contributed by atoms with van der Waals surface area (Å²) in [6.07, 6.45) is 8.40. The molecule has 1 amide bonds. The zero-order valence-electron chi connectivity index (χ0n) is 13.6.